The highest BCUT2D eigenvalue weighted by molar-refractivity contribution is 5.96. The summed E-state index contributed by atoms with van der Waals surface area (Å²) in [6, 6.07) is 12.1. The summed E-state index contributed by atoms with van der Waals surface area (Å²) >= 11 is 0. The molecule has 134 valence electrons. The number of hydrogen-bond acceptors (Lipinski definition) is 5. The maximum Gasteiger partial charge on any atom is 0.257 e. The molecule has 1 aromatic heterocycles. The van der Waals surface area contributed by atoms with E-state index < -0.39 is 11.6 Å². The third-order valence-corrected chi connectivity index (χ3v) is 4.39. The van der Waals surface area contributed by atoms with Crippen LogP contribution in [0.25, 0.3) is 11.5 Å². The van der Waals surface area contributed by atoms with Gasteiger partial charge in [-0.15, -0.1) is 0 Å². The summed E-state index contributed by atoms with van der Waals surface area (Å²) in [5.41, 5.74) is 1.36. The van der Waals surface area contributed by atoms with Crippen LogP contribution in [0.4, 0.5) is 14.5 Å². The van der Waals surface area contributed by atoms with Gasteiger partial charge in [-0.25, -0.2) is 8.78 Å². The van der Waals surface area contributed by atoms with Crippen molar-refractivity contribution in [1.29, 1.82) is 5.26 Å². The van der Waals surface area contributed by atoms with Gasteiger partial charge in [-0.3, -0.25) is 4.79 Å². The molecule has 2 aromatic carbocycles. The molecule has 0 radical (unpaired) electrons. The minimum atomic E-state index is -1.01. The molecule has 1 aliphatic rings. The van der Waals surface area contributed by atoms with E-state index in [-0.39, 0.29) is 36.4 Å². The van der Waals surface area contributed by atoms with Crippen molar-refractivity contribution >= 4 is 11.6 Å². The number of carbonyl (C=O) groups is 1. The van der Waals surface area contributed by atoms with Gasteiger partial charge in [0.05, 0.1) is 11.6 Å². The molecule has 1 unspecified atom stereocenters. The molecule has 0 aliphatic carbocycles. The van der Waals surface area contributed by atoms with Gasteiger partial charge in [-0.05, 0) is 30.3 Å². The van der Waals surface area contributed by atoms with Crippen molar-refractivity contribution in [3.8, 4) is 17.5 Å². The van der Waals surface area contributed by atoms with Gasteiger partial charge < -0.3 is 9.42 Å². The first kappa shape index (κ1) is 16.8. The highest BCUT2D eigenvalue weighted by Gasteiger charge is 2.35. The summed E-state index contributed by atoms with van der Waals surface area (Å²) in [5.74, 6) is -1.94. The summed E-state index contributed by atoms with van der Waals surface area (Å²) in [6.45, 7) is 0.237. The average molecular weight is 366 g/mol. The molecule has 6 nitrogen and oxygen atoms in total. The molecule has 27 heavy (non-hydrogen) atoms. The molecule has 1 fully saturated rings. The Kier molecular flexibility index (Phi) is 4.12. The van der Waals surface area contributed by atoms with E-state index in [2.05, 4.69) is 10.1 Å². The van der Waals surface area contributed by atoms with Crippen LogP contribution in [0.3, 0.4) is 0 Å². The van der Waals surface area contributed by atoms with E-state index in [4.69, 9.17) is 9.78 Å². The first-order valence-electron chi connectivity index (χ1n) is 8.14. The highest BCUT2D eigenvalue weighted by Crippen LogP contribution is 2.32. The van der Waals surface area contributed by atoms with Gasteiger partial charge in [-0.2, -0.15) is 10.2 Å². The van der Waals surface area contributed by atoms with Crippen LogP contribution >= 0.6 is 0 Å². The number of anilines is 1. The van der Waals surface area contributed by atoms with Crippen LogP contribution in [0.1, 0.15) is 23.7 Å². The molecular weight excluding hydrogens is 354 g/mol. The average Bonchev–Trinajstić information content (AvgIpc) is 3.31. The molecule has 1 atom stereocenters. The van der Waals surface area contributed by atoms with Crippen LogP contribution in [0.15, 0.2) is 47.0 Å². The Hall–Kier alpha value is -3.60. The van der Waals surface area contributed by atoms with Gasteiger partial charge >= 0.3 is 0 Å². The number of halogens is 2. The molecule has 0 saturated carbocycles. The molecule has 2 heterocycles. The Morgan fingerprint density at radius 2 is 2.04 bits per heavy atom. The van der Waals surface area contributed by atoms with E-state index >= 15 is 0 Å². The van der Waals surface area contributed by atoms with Crippen molar-refractivity contribution in [3.05, 3.63) is 65.5 Å². The summed E-state index contributed by atoms with van der Waals surface area (Å²) in [6.07, 6.45) is 0.135. The van der Waals surface area contributed by atoms with Crippen LogP contribution in [-0.2, 0) is 4.79 Å². The molecule has 0 N–H and O–H groups in total. The molecule has 1 aliphatic heterocycles. The number of nitriles is 1. The van der Waals surface area contributed by atoms with E-state index in [9.17, 15) is 13.6 Å². The maximum absolute atomic E-state index is 13.5. The number of carbonyl (C=O) groups excluding carboxylic acids is 1. The lowest BCUT2D eigenvalue weighted by Gasteiger charge is -2.16. The maximum atomic E-state index is 13.5. The van der Waals surface area contributed by atoms with Gasteiger partial charge in [0.15, 0.2) is 17.5 Å². The number of rotatable bonds is 3. The molecule has 1 amide bonds. The summed E-state index contributed by atoms with van der Waals surface area (Å²) in [7, 11) is 0. The normalized spacial score (nSPS) is 16.6. The fourth-order valence-electron chi connectivity index (χ4n) is 3.02. The van der Waals surface area contributed by atoms with E-state index in [1.54, 1.807) is 24.3 Å². The Balaban J connectivity index is 1.57. The zero-order valence-corrected chi connectivity index (χ0v) is 13.9. The van der Waals surface area contributed by atoms with E-state index in [0.717, 1.165) is 12.1 Å². The largest absolute Gasteiger partial charge is 0.334 e. The minimum Gasteiger partial charge on any atom is -0.334 e. The van der Waals surface area contributed by atoms with Gasteiger partial charge in [0, 0.05) is 36.2 Å². The summed E-state index contributed by atoms with van der Waals surface area (Å²) in [4.78, 5) is 18.0. The smallest absolute Gasteiger partial charge is 0.257 e. The van der Waals surface area contributed by atoms with Crippen molar-refractivity contribution in [2.75, 3.05) is 11.4 Å². The summed E-state index contributed by atoms with van der Waals surface area (Å²) < 4.78 is 31.8. The van der Waals surface area contributed by atoms with Gasteiger partial charge in [0.25, 0.3) is 5.89 Å². The Morgan fingerprint density at radius 1 is 1.19 bits per heavy atom. The standard InChI is InChI=1S/C19H12F2N4O2/c20-15-5-4-14(8-16(15)21)25-10-13(7-17(25)26)18-23-19(27-24-18)12-3-1-2-11(6-12)9-22/h1-6,8,13H,7,10H2. The van der Waals surface area contributed by atoms with Crippen LogP contribution in [0.5, 0.6) is 0 Å². The highest BCUT2D eigenvalue weighted by atomic mass is 19.2. The topological polar surface area (TPSA) is 83.0 Å². The van der Waals surface area contributed by atoms with Crippen molar-refractivity contribution in [1.82, 2.24) is 10.1 Å². The van der Waals surface area contributed by atoms with E-state index in [0.29, 0.717) is 17.0 Å². The predicted octanol–water partition coefficient (Wildman–Crippen LogP) is 3.41. The number of benzene rings is 2. The molecule has 4 rings (SSSR count). The summed E-state index contributed by atoms with van der Waals surface area (Å²) in [5, 5.41) is 12.9. The first-order chi connectivity index (χ1) is 13.0. The number of nitrogens with zero attached hydrogens (tertiary/aromatic N) is 4. The number of hydrogen-bond donors (Lipinski definition) is 0. The molecular formula is C19H12F2N4O2. The third-order valence-electron chi connectivity index (χ3n) is 4.39. The SMILES string of the molecule is N#Cc1cccc(-c2nc(C3CC(=O)N(c4ccc(F)c(F)c4)C3)no2)c1. The molecule has 1 saturated heterocycles. The third kappa shape index (κ3) is 3.15. The van der Waals surface area contributed by atoms with Crippen molar-refractivity contribution < 1.29 is 18.1 Å². The lowest BCUT2D eigenvalue weighted by molar-refractivity contribution is -0.117. The second-order valence-electron chi connectivity index (χ2n) is 6.15. The van der Waals surface area contributed by atoms with Crippen LogP contribution in [0.2, 0.25) is 0 Å². The van der Waals surface area contributed by atoms with E-state index in [1.807, 2.05) is 6.07 Å². The van der Waals surface area contributed by atoms with Gasteiger partial charge in [-0.1, -0.05) is 11.2 Å². The Labute approximate surface area is 152 Å². The first-order valence-corrected chi connectivity index (χ1v) is 8.14. The van der Waals surface area contributed by atoms with Crippen molar-refractivity contribution in [3.63, 3.8) is 0 Å². The predicted molar refractivity (Wildman–Crippen MR) is 90.5 cm³/mol. The number of amides is 1. The second-order valence-corrected chi connectivity index (χ2v) is 6.15. The molecule has 0 spiro atoms. The van der Waals surface area contributed by atoms with Crippen molar-refractivity contribution in [2.24, 2.45) is 0 Å². The van der Waals surface area contributed by atoms with Crippen LogP contribution in [0, 0.1) is 23.0 Å². The Bertz CT molecular complexity index is 1070. The quantitative estimate of drug-likeness (QED) is 0.709. The molecule has 3 aromatic rings. The minimum absolute atomic E-state index is 0.135. The zero-order chi connectivity index (χ0) is 19.0. The van der Waals surface area contributed by atoms with Crippen molar-refractivity contribution in [2.45, 2.75) is 12.3 Å². The van der Waals surface area contributed by atoms with Gasteiger partial charge in [0.2, 0.25) is 5.91 Å². The fourth-order valence-corrected chi connectivity index (χ4v) is 3.02. The van der Waals surface area contributed by atoms with E-state index in [1.165, 1.54) is 11.0 Å². The van der Waals surface area contributed by atoms with Crippen LogP contribution < -0.4 is 4.90 Å². The lowest BCUT2D eigenvalue weighted by Crippen LogP contribution is -2.24. The Morgan fingerprint density at radius 3 is 2.81 bits per heavy atom. The van der Waals surface area contributed by atoms with Gasteiger partial charge in [0.1, 0.15) is 0 Å². The lowest BCUT2D eigenvalue weighted by atomic mass is 10.1. The molecule has 8 heteroatoms. The monoisotopic (exact) mass is 366 g/mol. The second kappa shape index (κ2) is 6.61. The zero-order valence-electron chi connectivity index (χ0n) is 13.9. The molecule has 0 bridgehead atoms. The fraction of sp³-hybridized carbons (Fsp3) is 0.158. The number of aromatic nitrogens is 2. The van der Waals surface area contributed by atoms with Crippen LogP contribution in [-0.4, -0.2) is 22.6 Å².